The standard InChI is InChI=1S/C29H25N4O3/c1-20-25(31-28(36-20)23-13-4-2-5-14-23)17-9-11-21-10-8-12-22(18-21)19-26(27(30)29(34)35)33-32-24-15-6-3-7-16-24/h2-16,18,32H,17,19H2,1H3,(H,34,35)/q-1/p+1/b11-9+,33-26-. The van der Waals surface area contributed by atoms with Crippen molar-refractivity contribution in [3.8, 4) is 11.5 Å². The number of hydrogen-bond donors (Lipinski definition) is 3. The Balaban J connectivity index is 1.46. The molecular weight excluding hydrogens is 452 g/mol. The number of hydrazone groups is 1. The molecule has 0 unspecified atom stereocenters. The van der Waals surface area contributed by atoms with Gasteiger partial charge in [0.15, 0.2) is 5.71 Å². The van der Waals surface area contributed by atoms with Gasteiger partial charge in [-0.1, -0.05) is 72.8 Å². The Morgan fingerprint density at radius 2 is 1.78 bits per heavy atom. The fraction of sp³-hybridized carbons (Fsp3) is 0.103. The molecule has 4 aromatic rings. The summed E-state index contributed by atoms with van der Waals surface area (Å²) in [7, 11) is 0. The van der Waals surface area contributed by atoms with E-state index in [2.05, 4.69) is 15.5 Å². The van der Waals surface area contributed by atoms with Crippen molar-refractivity contribution in [3.63, 3.8) is 0 Å². The number of aromatic nitrogens is 1. The van der Waals surface area contributed by atoms with Crippen LogP contribution in [0.1, 0.15) is 22.6 Å². The summed E-state index contributed by atoms with van der Waals surface area (Å²) in [4.78, 5) is 16.0. The Kier molecular flexibility index (Phi) is 7.83. The topological polar surface area (TPSA) is 112 Å². The second-order valence-corrected chi connectivity index (χ2v) is 8.16. The van der Waals surface area contributed by atoms with E-state index in [4.69, 9.17) is 4.42 Å². The van der Waals surface area contributed by atoms with Gasteiger partial charge >= 0.3 is 5.97 Å². The predicted octanol–water partition coefficient (Wildman–Crippen LogP) is 4.09. The highest BCUT2D eigenvalue weighted by molar-refractivity contribution is 6.65. The summed E-state index contributed by atoms with van der Waals surface area (Å²) in [5, 5.41) is 22.3. The van der Waals surface area contributed by atoms with Crippen molar-refractivity contribution in [1.82, 2.24) is 4.98 Å². The van der Waals surface area contributed by atoms with Crippen LogP contribution in [-0.2, 0) is 17.6 Å². The first-order chi connectivity index (χ1) is 17.5. The second-order valence-electron chi connectivity index (χ2n) is 8.16. The number of carboxylic acid groups (broad SMARTS) is 1. The van der Waals surface area contributed by atoms with E-state index >= 15 is 0 Å². The zero-order chi connectivity index (χ0) is 25.3. The van der Waals surface area contributed by atoms with Crippen LogP contribution < -0.4 is 10.5 Å². The van der Waals surface area contributed by atoms with Crippen molar-refractivity contribution >= 4 is 29.2 Å². The molecule has 0 bridgehead atoms. The number of carbonyl (C=O) groups is 1. The molecule has 0 saturated heterocycles. The number of hydrazine groups is 1. The van der Waals surface area contributed by atoms with Crippen LogP contribution >= 0.6 is 0 Å². The van der Waals surface area contributed by atoms with Crippen LogP contribution in [0, 0.1) is 6.92 Å². The molecule has 0 atom stereocenters. The summed E-state index contributed by atoms with van der Waals surface area (Å²) in [6.07, 6.45) is 4.80. The van der Waals surface area contributed by atoms with E-state index in [0.29, 0.717) is 12.3 Å². The molecule has 0 spiro atoms. The summed E-state index contributed by atoms with van der Waals surface area (Å²) >= 11 is 0. The van der Waals surface area contributed by atoms with Gasteiger partial charge in [0, 0.05) is 17.7 Å². The van der Waals surface area contributed by atoms with Crippen LogP contribution in [0.2, 0.25) is 0 Å². The number of rotatable bonds is 10. The van der Waals surface area contributed by atoms with Crippen LogP contribution in [-0.4, -0.2) is 27.5 Å². The van der Waals surface area contributed by atoms with Gasteiger partial charge in [-0.25, -0.2) is 9.78 Å². The first-order valence-electron chi connectivity index (χ1n) is 11.5. The molecule has 0 aliphatic heterocycles. The Hall–Kier alpha value is -4.78. The van der Waals surface area contributed by atoms with Gasteiger partial charge in [-0.15, -0.1) is 5.10 Å². The number of para-hydroxylation sites is 1. The van der Waals surface area contributed by atoms with Gasteiger partial charge < -0.3 is 14.9 Å². The Morgan fingerprint density at radius 1 is 1.06 bits per heavy atom. The van der Waals surface area contributed by atoms with E-state index in [0.717, 1.165) is 33.8 Å². The maximum absolute atomic E-state index is 11.4. The molecule has 7 heteroatoms. The number of carboxylic acids is 1. The lowest BCUT2D eigenvalue weighted by atomic mass is 10.0. The number of nitrogens with one attached hydrogen (secondary N) is 2. The summed E-state index contributed by atoms with van der Waals surface area (Å²) in [6.45, 7) is 1.91. The van der Waals surface area contributed by atoms with Crippen LogP contribution in [0.3, 0.4) is 0 Å². The third kappa shape index (κ3) is 6.42. The van der Waals surface area contributed by atoms with E-state index in [1.807, 2.05) is 104 Å². The first-order valence-corrected chi connectivity index (χ1v) is 11.5. The van der Waals surface area contributed by atoms with Crippen molar-refractivity contribution in [2.75, 3.05) is 5.43 Å². The maximum Gasteiger partial charge on any atom is 0.318 e. The lowest BCUT2D eigenvalue weighted by Crippen LogP contribution is -2.80. The lowest BCUT2D eigenvalue weighted by molar-refractivity contribution is -0.418. The molecular formula is C29H26N4O3. The predicted molar refractivity (Wildman–Crippen MR) is 142 cm³/mol. The average molecular weight is 479 g/mol. The van der Waals surface area contributed by atoms with Crippen LogP contribution in [0.15, 0.2) is 95.4 Å². The molecule has 4 rings (SSSR count). The van der Waals surface area contributed by atoms with E-state index in [9.17, 15) is 15.3 Å². The average Bonchev–Trinajstić information content (AvgIpc) is 3.27. The number of hydrogen-bond acceptors (Lipinski definition) is 4. The minimum Gasteiger partial charge on any atom is -0.793 e. The number of oxazole rings is 1. The summed E-state index contributed by atoms with van der Waals surface area (Å²) in [5.41, 5.74) is 6.67. The van der Waals surface area contributed by atoms with Gasteiger partial charge in [-0.2, -0.15) is 5.43 Å². The molecule has 36 heavy (non-hydrogen) atoms. The van der Waals surface area contributed by atoms with Gasteiger partial charge in [0.05, 0.1) is 17.8 Å². The summed E-state index contributed by atoms with van der Waals surface area (Å²) in [6, 6.07) is 26.7. The molecule has 180 valence electrons. The van der Waals surface area contributed by atoms with E-state index in [1.165, 1.54) is 0 Å². The lowest BCUT2D eigenvalue weighted by Gasteiger charge is -2.08. The number of aryl methyl sites for hydroxylation is 1. The molecule has 1 aromatic heterocycles. The van der Waals surface area contributed by atoms with Gasteiger partial charge in [-0.05, 0) is 42.3 Å². The van der Waals surface area contributed by atoms with E-state index in [1.54, 1.807) is 0 Å². The normalized spacial score (nSPS) is 11.5. The third-order valence-electron chi connectivity index (χ3n) is 5.49. The zero-order valence-electron chi connectivity index (χ0n) is 19.8. The Morgan fingerprint density at radius 3 is 2.50 bits per heavy atom. The fourth-order valence-corrected chi connectivity index (χ4v) is 3.62. The van der Waals surface area contributed by atoms with Crippen LogP contribution in [0.4, 0.5) is 5.69 Å². The second kappa shape index (κ2) is 11.6. The van der Waals surface area contributed by atoms with Crippen molar-refractivity contribution in [2.24, 2.45) is 0 Å². The quantitative estimate of drug-likeness (QED) is 0.235. The SMILES string of the molecule is Cc1oc(-c2ccccc2)nc1C/C=C/c1cccc(C/C(=[NH+]/Nc2ccccc2)C(=[N-])C(=O)O)c1. The summed E-state index contributed by atoms with van der Waals surface area (Å²) in [5.74, 6) is -0.0166. The van der Waals surface area contributed by atoms with Gasteiger partial charge in [0.1, 0.15) is 5.76 Å². The van der Waals surface area contributed by atoms with Gasteiger partial charge in [-0.3, -0.25) is 0 Å². The number of anilines is 1. The van der Waals surface area contributed by atoms with Gasteiger partial charge in [0.2, 0.25) is 5.89 Å². The van der Waals surface area contributed by atoms with Crippen molar-refractivity contribution in [1.29, 1.82) is 0 Å². The molecule has 0 saturated carbocycles. The number of benzene rings is 3. The highest BCUT2D eigenvalue weighted by atomic mass is 16.4. The Bertz CT molecular complexity index is 1410. The molecule has 0 radical (unpaired) electrons. The van der Waals surface area contributed by atoms with E-state index < -0.39 is 11.7 Å². The summed E-state index contributed by atoms with van der Waals surface area (Å²) < 4.78 is 5.83. The molecule has 7 nitrogen and oxygen atoms in total. The molecule has 1 heterocycles. The smallest absolute Gasteiger partial charge is 0.318 e. The molecule has 3 N–H and O–H groups in total. The Labute approximate surface area is 209 Å². The van der Waals surface area contributed by atoms with Crippen molar-refractivity contribution < 1.29 is 19.4 Å². The minimum atomic E-state index is -1.40. The largest absolute Gasteiger partial charge is 0.793 e. The molecule has 0 aliphatic rings. The minimum absolute atomic E-state index is 0.152. The van der Waals surface area contributed by atoms with Crippen molar-refractivity contribution in [3.05, 3.63) is 119 Å². The molecule has 0 amide bonds. The van der Waals surface area contributed by atoms with Crippen LogP contribution in [0.5, 0.6) is 0 Å². The van der Waals surface area contributed by atoms with Gasteiger partial charge in [0.25, 0.3) is 0 Å². The molecule has 0 fully saturated rings. The fourth-order valence-electron chi connectivity index (χ4n) is 3.62. The number of nitrogens with zero attached hydrogens (tertiary/aromatic N) is 2. The highest BCUT2D eigenvalue weighted by Gasteiger charge is 2.15. The number of aliphatic carboxylic acids is 1. The maximum atomic E-state index is 11.4. The molecule has 0 aliphatic carbocycles. The van der Waals surface area contributed by atoms with E-state index in [-0.39, 0.29) is 12.1 Å². The zero-order valence-corrected chi connectivity index (χ0v) is 19.8. The van der Waals surface area contributed by atoms with Crippen molar-refractivity contribution in [2.45, 2.75) is 19.8 Å². The first kappa shape index (κ1) is 24.3. The number of allylic oxidation sites excluding steroid dienone is 1. The third-order valence-corrected chi connectivity index (χ3v) is 5.49. The molecule has 3 aromatic carbocycles. The monoisotopic (exact) mass is 478 g/mol. The van der Waals surface area contributed by atoms with Crippen LogP contribution in [0.25, 0.3) is 22.9 Å². The highest BCUT2D eigenvalue weighted by Crippen LogP contribution is 2.22.